The summed E-state index contributed by atoms with van der Waals surface area (Å²) in [5, 5.41) is 0. The molecule has 0 aromatic rings. The van der Waals surface area contributed by atoms with Gasteiger partial charge in [-0.25, -0.2) is 0 Å². The van der Waals surface area contributed by atoms with Crippen LogP contribution in [0.15, 0.2) is 36.4 Å². The molecule has 2 nitrogen and oxygen atoms in total. The van der Waals surface area contributed by atoms with Crippen LogP contribution in [0.2, 0.25) is 0 Å². The van der Waals surface area contributed by atoms with Crippen molar-refractivity contribution >= 4 is 5.97 Å². The van der Waals surface area contributed by atoms with Gasteiger partial charge in [0.05, 0.1) is 6.42 Å². The molecule has 0 unspecified atom stereocenters. The van der Waals surface area contributed by atoms with Crippen molar-refractivity contribution in [3.63, 3.8) is 0 Å². The zero-order valence-corrected chi connectivity index (χ0v) is 7.49. The summed E-state index contributed by atoms with van der Waals surface area (Å²) in [5.74, 6) is 0.578. The van der Waals surface area contributed by atoms with Crippen LogP contribution in [0.5, 0.6) is 5.75 Å². The van der Waals surface area contributed by atoms with Gasteiger partial charge in [-0.15, -0.1) is 0 Å². The van der Waals surface area contributed by atoms with Gasteiger partial charge >= 0.3 is 5.97 Å². The van der Waals surface area contributed by atoms with Gasteiger partial charge in [0.2, 0.25) is 0 Å². The molecule has 0 aromatic heterocycles. The maximum Gasteiger partial charge on any atom is 0.315 e. The van der Waals surface area contributed by atoms with Gasteiger partial charge in [0.15, 0.2) is 0 Å². The van der Waals surface area contributed by atoms with Crippen molar-refractivity contribution in [2.75, 3.05) is 0 Å². The van der Waals surface area contributed by atoms with Gasteiger partial charge in [-0.3, -0.25) is 4.79 Å². The van der Waals surface area contributed by atoms with E-state index in [0.717, 1.165) is 22.4 Å². The second kappa shape index (κ2) is 2.58. The van der Waals surface area contributed by atoms with E-state index in [1.165, 1.54) is 0 Å². The van der Waals surface area contributed by atoms with Gasteiger partial charge in [0.1, 0.15) is 5.75 Å². The Bertz CT molecular complexity index is 488. The summed E-state index contributed by atoms with van der Waals surface area (Å²) in [6.07, 6.45) is 0.393. The monoisotopic (exact) mass is 184 g/mol. The van der Waals surface area contributed by atoms with Crippen LogP contribution in [0.4, 0.5) is 0 Å². The molecule has 1 aliphatic heterocycles. The molecule has 0 spiro atoms. The van der Waals surface area contributed by atoms with Gasteiger partial charge < -0.3 is 4.74 Å². The van der Waals surface area contributed by atoms with Crippen molar-refractivity contribution in [2.24, 2.45) is 0 Å². The van der Waals surface area contributed by atoms with Crippen molar-refractivity contribution in [1.29, 1.82) is 0 Å². The summed E-state index contributed by atoms with van der Waals surface area (Å²) < 4.78 is 5.20. The van der Waals surface area contributed by atoms with Gasteiger partial charge in [0.25, 0.3) is 0 Å². The van der Waals surface area contributed by atoms with Crippen molar-refractivity contribution in [3.8, 4) is 16.9 Å². The molecule has 0 radical (unpaired) electrons. The zero-order valence-electron chi connectivity index (χ0n) is 7.49. The van der Waals surface area contributed by atoms with Crippen LogP contribution in [0.3, 0.4) is 0 Å². The third kappa shape index (κ3) is 0.940. The Hall–Kier alpha value is -1.83. The summed E-state index contributed by atoms with van der Waals surface area (Å²) in [4.78, 5) is 11.1. The van der Waals surface area contributed by atoms with E-state index < -0.39 is 0 Å². The largest absolute Gasteiger partial charge is 0.425 e. The second-order valence-electron chi connectivity index (χ2n) is 3.43. The molecule has 2 heteroatoms. The molecule has 2 aliphatic carbocycles. The lowest BCUT2D eigenvalue weighted by molar-refractivity contribution is -0.131. The van der Waals surface area contributed by atoms with Crippen molar-refractivity contribution in [1.82, 2.24) is 0 Å². The molecular formula is C12H8O2. The second-order valence-corrected chi connectivity index (χ2v) is 3.43. The molecule has 0 saturated carbocycles. The van der Waals surface area contributed by atoms with E-state index >= 15 is 0 Å². The Morgan fingerprint density at radius 3 is 2.71 bits per heavy atom. The molecule has 0 saturated heterocycles. The summed E-state index contributed by atoms with van der Waals surface area (Å²) in [5.41, 5.74) is 3.12. The highest BCUT2D eigenvalue weighted by molar-refractivity contribution is 5.87. The first-order chi connectivity index (χ1) is 6.84. The van der Waals surface area contributed by atoms with E-state index in [1.807, 2.05) is 36.4 Å². The average molecular weight is 184 g/mol. The highest BCUT2D eigenvalue weighted by Gasteiger charge is 2.23. The molecule has 0 amide bonds. The van der Waals surface area contributed by atoms with Crippen molar-refractivity contribution < 1.29 is 9.53 Å². The third-order valence-corrected chi connectivity index (χ3v) is 2.51. The van der Waals surface area contributed by atoms with Crippen LogP contribution in [-0.4, -0.2) is 5.97 Å². The molecule has 0 N–H and O–H groups in total. The van der Waals surface area contributed by atoms with Crippen molar-refractivity contribution in [2.45, 2.75) is 6.42 Å². The van der Waals surface area contributed by atoms with E-state index in [4.69, 9.17) is 4.74 Å². The lowest BCUT2D eigenvalue weighted by Gasteiger charge is -1.98. The zero-order chi connectivity index (χ0) is 9.54. The van der Waals surface area contributed by atoms with Gasteiger partial charge in [0, 0.05) is 11.1 Å². The van der Waals surface area contributed by atoms with Crippen LogP contribution in [-0.2, 0) is 11.2 Å². The maximum atomic E-state index is 11.1. The molecular weight excluding hydrogens is 176 g/mol. The summed E-state index contributed by atoms with van der Waals surface area (Å²) in [6.45, 7) is 0. The smallest absolute Gasteiger partial charge is 0.315 e. The quantitative estimate of drug-likeness (QED) is 0.587. The molecule has 0 bridgehead atoms. The fourth-order valence-electron chi connectivity index (χ4n) is 1.87. The number of ether oxygens (including phenoxy) is 1. The lowest BCUT2D eigenvalue weighted by atomic mass is 10.1. The summed E-state index contributed by atoms with van der Waals surface area (Å²) in [7, 11) is 0. The summed E-state index contributed by atoms with van der Waals surface area (Å²) in [6, 6.07) is 11.9. The maximum absolute atomic E-state index is 11.1. The van der Waals surface area contributed by atoms with Gasteiger partial charge in [-0.2, -0.15) is 0 Å². The minimum absolute atomic E-state index is 0.159. The highest BCUT2D eigenvalue weighted by Crippen LogP contribution is 2.37. The number of hydrogen-bond acceptors (Lipinski definition) is 2. The number of carbonyl (C=O) groups is 1. The molecule has 14 heavy (non-hydrogen) atoms. The van der Waals surface area contributed by atoms with Gasteiger partial charge in [-0.05, 0) is 5.56 Å². The highest BCUT2D eigenvalue weighted by atomic mass is 16.5. The molecule has 0 fully saturated rings. The van der Waals surface area contributed by atoms with E-state index in [2.05, 4.69) is 0 Å². The number of esters is 1. The first kappa shape index (κ1) is 7.56. The van der Waals surface area contributed by atoms with E-state index in [1.54, 1.807) is 0 Å². The summed E-state index contributed by atoms with van der Waals surface area (Å²) >= 11 is 0. The Kier molecular flexibility index (Phi) is 1.39. The first-order valence-electron chi connectivity index (χ1n) is 4.56. The van der Waals surface area contributed by atoms with Crippen LogP contribution in [0.25, 0.3) is 11.1 Å². The fourth-order valence-corrected chi connectivity index (χ4v) is 1.87. The molecule has 1 heterocycles. The molecule has 3 aliphatic rings. The van der Waals surface area contributed by atoms with Crippen LogP contribution < -0.4 is 4.74 Å². The van der Waals surface area contributed by atoms with E-state index in [0.29, 0.717) is 6.42 Å². The Morgan fingerprint density at radius 2 is 1.86 bits per heavy atom. The molecule has 0 aromatic carbocycles. The van der Waals surface area contributed by atoms with Gasteiger partial charge in [-0.1, -0.05) is 36.4 Å². The average Bonchev–Trinajstić information content (AvgIpc) is 2.70. The number of fused-ring (bicyclic) bond motifs is 3. The Labute approximate surface area is 81.5 Å². The third-order valence-electron chi connectivity index (χ3n) is 2.51. The number of hydrogen-bond donors (Lipinski definition) is 0. The minimum atomic E-state index is -0.159. The van der Waals surface area contributed by atoms with Crippen LogP contribution >= 0.6 is 0 Å². The Balaban J connectivity index is 2.34. The van der Waals surface area contributed by atoms with E-state index in [9.17, 15) is 4.79 Å². The minimum Gasteiger partial charge on any atom is -0.425 e. The Morgan fingerprint density at radius 1 is 1.07 bits per heavy atom. The molecule has 68 valence electrons. The standard InChI is InChI=1S/C12H8O2/c13-11-7-9-5-1-3-8-4-2-6-10(8)12(9)14-11/h1-6H,7H2. The lowest BCUT2D eigenvalue weighted by Crippen LogP contribution is -2.00. The molecule has 3 rings (SSSR count). The predicted octanol–water partition coefficient (Wildman–Crippen LogP) is 2.25. The number of carbonyl (C=O) groups excluding carboxylic acids is 1. The normalized spacial score (nSPS) is 14.1. The number of rotatable bonds is 0. The van der Waals surface area contributed by atoms with Crippen molar-refractivity contribution in [3.05, 3.63) is 42.0 Å². The fraction of sp³-hybridized carbons (Fsp3) is 0.0833. The SMILES string of the molecule is O=C1Cc2cccc3cccc-3c2O1. The van der Waals surface area contributed by atoms with E-state index in [-0.39, 0.29) is 5.97 Å². The molecule has 0 atom stereocenters. The first-order valence-corrected chi connectivity index (χ1v) is 4.56. The topological polar surface area (TPSA) is 26.3 Å². The van der Waals surface area contributed by atoms with Crippen LogP contribution in [0.1, 0.15) is 5.56 Å². The van der Waals surface area contributed by atoms with Crippen LogP contribution in [0, 0.1) is 0 Å². The predicted molar refractivity (Wildman–Crippen MR) is 52.4 cm³/mol.